The fourth-order valence-electron chi connectivity index (χ4n) is 2.65. The molecular weight excluding hydrogens is 152 g/mol. The zero-order valence-electron chi connectivity index (χ0n) is 7.70. The lowest BCUT2D eigenvalue weighted by atomic mass is 9.98. The van der Waals surface area contributed by atoms with Crippen LogP contribution in [0.3, 0.4) is 0 Å². The Labute approximate surface area is 73.9 Å². The standard InChI is InChI=1S/C10H18O2/c1-7(11)6-12-10-5-8-2-3-9(10)4-8/h7-11H,2-6H2,1H3/t7?,8-,9+,10+/m1/s1. The van der Waals surface area contributed by atoms with Gasteiger partial charge in [-0.25, -0.2) is 0 Å². The fourth-order valence-corrected chi connectivity index (χ4v) is 2.65. The van der Waals surface area contributed by atoms with Gasteiger partial charge in [0.1, 0.15) is 0 Å². The monoisotopic (exact) mass is 170 g/mol. The summed E-state index contributed by atoms with van der Waals surface area (Å²) in [6, 6.07) is 0. The predicted octanol–water partition coefficient (Wildman–Crippen LogP) is 1.57. The van der Waals surface area contributed by atoms with Crippen LogP contribution >= 0.6 is 0 Å². The Morgan fingerprint density at radius 3 is 2.75 bits per heavy atom. The maximum Gasteiger partial charge on any atom is 0.0745 e. The average molecular weight is 170 g/mol. The third-order valence-electron chi connectivity index (χ3n) is 3.22. The highest BCUT2D eigenvalue weighted by molar-refractivity contribution is 4.90. The van der Waals surface area contributed by atoms with Crippen LogP contribution in [-0.4, -0.2) is 23.9 Å². The molecule has 2 fully saturated rings. The SMILES string of the molecule is CC(O)CO[C@H]1C[C@@H]2CC[C@H]1C2. The van der Waals surface area contributed by atoms with Crippen LogP contribution in [-0.2, 0) is 4.74 Å². The van der Waals surface area contributed by atoms with E-state index in [9.17, 15) is 0 Å². The first kappa shape index (κ1) is 8.52. The van der Waals surface area contributed by atoms with Crippen LogP contribution in [0.25, 0.3) is 0 Å². The second-order valence-corrected chi connectivity index (χ2v) is 4.40. The van der Waals surface area contributed by atoms with Gasteiger partial charge < -0.3 is 9.84 Å². The summed E-state index contributed by atoms with van der Waals surface area (Å²) in [6.07, 6.45) is 5.57. The molecule has 0 heterocycles. The minimum Gasteiger partial charge on any atom is -0.391 e. The molecule has 0 aliphatic heterocycles. The van der Waals surface area contributed by atoms with Gasteiger partial charge in [-0.3, -0.25) is 0 Å². The number of aliphatic hydroxyl groups is 1. The van der Waals surface area contributed by atoms with Gasteiger partial charge in [-0.15, -0.1) is 0 Å². The molecule has 2 bridgehead atoms. The number of hydrogen-bond acceptors (Lipinski definition) is 2. The van der Waals surface area contributed by atoms with E-state index in [4.69, 9.17) is 9.84 Å². The van der Waals surface area contributed by atoms with Crippen molar-refractivity contribution in [3.05, 3.63) is 0 Å². The maximum absolute atomic E-state index is 9.06. The zero-order valence-corrected chi connectivity index (χ0v) is 7.70. The third kappa shape index (κ3) is 1.64. The first-order valence-electron chi connectivity index (χ1n) is 5.05. The van der Waals surface area contributed by atoms with Crippen LogP contribution < -0.4 is 0 Å². The molecule has 0 spiro atoms. The van der Waals surface area contributed by atoms with E-state index in [1.54, 1.807) is 6.92 Å². The molecule has 2 heteroatoms. The molecule has 4 atom stereocenters. The van der Waals surface area contributed by atoms with Crippen molar-refractivity contribution < 1.29 is 9.84 Å². The maximum atomic E-state index is 9.06. The molecule has 1 N–H and O–H groups in total. The van der Waals surface area contributed by atoms with Gasteiger partial charge in [0, 0.05) is 0 Å². The number of aliphatic hydroxyl groups excluding tert-OH is 1. The molecule has 70 valence electrons. The highest BCUT2D eigenvalue weighted by Crippen LogP contribution is 2.45. The summed E-state index contributed by atoms with van der Waals surface area (Å²) in [5.41, 5.74) is 0. The van der Waals surface area contributed by atoms with Crippen molar-refractivity contribution in [3.8, 4) is 0 Å². The van der Waals surface area contributed by atoms with Crippen LogP contribution in [0.15, 0.2) is 0 Å². The Morgan fingerprint density at radius 1 is 1.42 bits per heavy atom. The van der Waals surface area contributed by atoms with E-state index < -0.39 is 0 Å². The molecule has 2 aliphatic carbocycles. The van der Waals surface area contributed by atoms with Gasteiger partial charge in [0.15, 0.2) is 0 Å². The van der Waals surface area contributed by atoms with Crippen molar-refractivity contribution in [1.82, 2.24) is 0 Å². The molecule has 2 rings (SSSR count). The van der Waals surface area contributed by atoms with Crippen LogP contribution in [0.2, 0.25) is 0 Å². The van der Waals surface area contributed by atoms with Crippen LogP contribution in [0, 0.1) is 11.8 Å². The molecule has 0 aromatic carbocycles. The van der Waals surface area contributed by atoms with Crippen molar-refractivity contribution in [2.24, 2.45) is 11.8 Å². The van der Waals surface area contributed by atoms with E-state index >= 15 is 0 Å². The Morgan fingerprint density at radius 2 is 2.25 bits per heavy atom. The van der Waals surface area contributed by atoms with Crippen LogP contribution in [0.4, 0.5) is 0 Å². The van der Waals surface area contributed by atoms with E-state index in [0.29, 0.717) is 12.7 Å². The lowest BCUT2D eigenvalue weighted by molar-refractivity contribution is -0.0263. The largest absolute Gasteiger partial charge is 0.391 e. The molecule has 0 aromatic rings. The summed E-state index contributed by atoms with van der Waals surface area (Å²) < 4.78 is 5.65. The van der Waals surface area contributed by atoms with Gasteiger partial charge in [-0.2, -0.15) is 0 Å². The van der Waals surface area contributed by atoms with Crippen molar-refractivity contribution in [2.45, 2.75) is 44.8 Å². The number of ether oxygens (including phenoxy) is 1. The highest BCUT2D eigenvalue weighted by atomic mass is 16.5. The first-order valence-corrected chi connectivity index (χ1v) is 5.05. The third-order valence-corrected chi connectivity index (χ3v) is 3.22. The van der Waals surface area contributed by atoms with Crippen LogP contribution in [0.1, 0.15) is 32.6 Å². The molecular formula is C10H18O2. The van der Waals surface area contributed by atoms with Crippen molar-refractivity contribution in [1.29, 1.82) is 0 Å². The smallest absolute Gasteiger partial charge is 0.0745 e. The van der Waals surface area contributed by atoms with Gasteiger partial charge in [0.2, 0.25) is 0 Å². The summed E-state index contributed by atoms with van der Waals surface area (Å²) >= 11 is 0. The van der Waals surface area contributed by atoms with Crippen molar-refractivity contribution >= 4 is 0 Å². The Hall–Kier alpha value is -0.0800. The molecule has 2 aliphatic rings. The summed E-state index contributed by atoms with van der Waals surface area (Å²) in [6.45, 7) is 2.31. The molecule has 0 amide bonds. The van der Waals surface area contributed by atoms with E-state index in [-0.39, 0.29) is 6.10 Å². The molecule has 0 aromatic heterocycles. The minimum atomic E-state index is -0.302. The first-order chi connectivity index (χ1) is 5.75. The molecule has 2 nitrogen and oxygen atoms in total. The second-order valence-electron chi connectivity index (χ2n) is 4.40. The molecule has 0 radical (unpaired) electrons. The Kier molecular flexibility index (Phi) is 2.37. The number of fused-ring (bicyclic) bond motifs is 2. The van der Waals surface area contributed by atoms with Gasteiger partial charge >= 0.3 is 0 Å². The topological polar surface area (TPSA) is 29.5 Å². The minimum absolute atomic E-state index is 0.302. The van der Waals surface area contributed by atoms with E-state index in [1.807, 2.05) is 0 Å². The van der Waals surface area contributed by atoms with E-state index in [2.05, 4.69) is 0 Å². The number of rotatable bonds is 3. The zero-order chi connectivity index (χ0) is 8.55. The van der Waals surface area contributed by atoms with Gasteiger partial charge in [-0.05, 0) is 44.4 Å². The molecule has 0 saturated heterocycles. The highest BCUT2D eigenvalue weighted by Gasteiger charge is 2.40. The van der Waals surface area contributed by atoms with Crippen LogP contribution in [0.5, 0.6) is 0 Å². The molecule has 12 heavy (non-hydrogen) atoms. The van der Waals surface area contributed by atoms with Crippen molar-refractivity contribution in [2.75, 3.05) is 6.61 Å². The summed E-state index contributed by atoms with van der Waals surface area (Å²) in [7, 11) is 0. The average Bonchev–Trinajstić information content (AvgIpc) is 2.60. The quantitative estimate of drug-likeness (QED) is 0.696. The Bertz CT molecular complexity index is 156. The summed E-state index contributed by atoms with van der Waals surface area (Å²) in [5.74, 6) is 1.75. The predicted molar refractivity (Wildman–Crippen MR) is 46.9 cm³/mol. The normalized spacial score (nSPS) is 42.0. The molecule has 1 unspecified atom stereocenters. The second kappa shape index (κ2) is 3.35. The Balaban J connectivity index is 1.76. The summed E-state index contributed by atoms with van der Waals surface area (Å²) in [5, 5.41) is 9.06. The molecule has 2 saturated carbocycles. The number of hydrogen-bond donors (Lipinski definition) is 1. The van der Waals surface area contributed by atoms with Gasteiger partial charge in [0.25, 0.3) is 0 Å². The summed E-state index contributed by atoms with van der Waals surface area (Å²) in [4.78, 5) is 0. The van der Waals surface area contributed by atoms with E-state index in [0.717, 1.165) is 11.8 Å². The van der Waals surface area contributed by atoms with Gasteiger partial charge in [0.05, 0.1) is 18.8 Å². The van der Waals surface area contributed by atoms with Crippen molar-refractivity contribution in [3.63, 3.8) is 0 Å². The van der Waals surface area contributed by atoms with Gasteiger partial charge in [-0.1, -0.05) is 0 Å². The fraction of sp³-hybridized carbons (Fsp3) is 1.00. The lowest BCUT2D eigenvalue weighted by Gasteiger charge is -2.22. The lowest BCUT2D eigenvalue weighted by Crippen LogP contribution is -2.24. The van der Waals surface area contributed by atoms with E-state index in [1.165, 1.54) is 25.7 Å².